The second-order valence-corrected chi connectivity index (χ2v) is 9.66. The van der Waals surface area contributed by atoms with Gasteiger partial charge in [0.15, 0.2) is 5.69 Å². The first-order chi connectivity index (χ1) is 15.3. The van der Waals surface area contributed by atoms with E-state index in [1.54, 1.807) is 32.2 Å². The predicted octanol–water partition coefficient (Wildman–Crippen LogP) is 3.27. The zero-order chi connectivity index (χ0) is 22.9. The molecule has 0 saturated carbocycles. The number of sulfonamides is 1. The van der Waals surface area contributed by atoms with Gasteiger partial charge in [-0.3, -0.25) is 4.79 Å². The monoisotopic (exact) mass is 475 g/mol. The third kappa shape index (κ3) is 4.21. The van der Waals surface area contributed by atoms with Crippen LogP contribution in [-0.2, 0) is 10.0 Å². The summed E-state index contributed by atoms with van der Waals surface area (Å²) in [6.07, 6.45) is 1.63. The van der Waals surface area contributed by atoms with Crippen molar-refractivity contribution in [3.8, 4) is 11.4 Å². The first-order valence-corrected chi connectivity index (χ1v) is 11.8. The smallest absolute Gasteiger partial charge is 0.278 e. The normalized spacial score (nSPS) is 14.5. The molecule has 11 heteroatoms. The topological polar surface area (TPSA) is 106 Å². The molecule has 1 saturated heterocycles. The van der Waals surface area contributed by atoms with E-state index in [4.69, 9.17) is 16.3 Å². The molecule has 9 nitrogen and oxygen atoms in total. The molecule has 4 rings (SSSR count). The summed E-state index contributed by atoms with van der Waals surface area (Å²) >= 11 is 6.18. The van der Waals surface area contributed by atoms with Gasteiger partial charge in [-0.1, -0.05) is 22.9 Å². The van der Waals surface area contributed by atoms with Crippen LogP contribution >= 0.6 is 11.6 Å². The Hall–Kier alpha value is -2.95. The van der Waals surface area contributed by atoms with Gasteiger partial charge in [0.2, 0.25) is 10.0 Å². The maximum atomic E-state index is 12.9. The van der Waals surface area contributed by atoms with E-state index in [2.05, 4.69) is 15.6 Å². The lowest BCUT2D eigenvalue weighted by molar-refractivity contribution is 0.102. The Morgan fingerprint density at radius 3 is 2.62 bits per heavy atom. The zero-order valence-electron chi connectivity index (χ0n) is 17.6. The van der Waals surface area contributed by atoms with E-state index in [1.807, 2.05) is 12.1 Å². The van der Waals surface area contributed by atoms with Crippen LogP contribution in [0.25, 0.3) is 5.69 Å². The van der Waals surface area contributed by atoms with Crippen molar-refractivity contribution in [2.24, 2.45) is 0 Å². The molecule has 0 bridgehead atoms. The van der Waals surface area contributed by atoms with E-state index in [0.717, 1.165) is 12.8 Å². The lowest BCUT2D eigenvalue weighted by Crippen LogP contribution is -2.28. The van der Waals surface area contributed by atoms with E-state index < -0.39 is 15.9 Å². The molecule has 1 aliphatic rings. The van der Waals surface area contributed by atoms with Crippen molar-refractivity contribution in [3.63, 3.8) is 0 Å². The van der Waals surface area contributed by atoms with Crippen LogP contribution in [-0.4, -0.2) is 53.8 Å². The van der Waals surface area contributed by atoms with Crippen molar-refractivity contribution in [3.05, 3.63) is 58.9 Å². The summed E-state index contributed by atoms with van der Waals surface area (Å²) in [5, 5.41) is 10.9. The van der Waals surface area contributed by atoms with Gasteiger partial charge >= 0.3 is 0 Å². The minimum absolute atomic E-state index is 0.0318. The summed E-state index contributed by atoms with van der Waals surface area (Å²) in [6, 6.07) is 11.6. The molecule has 3 aromatic rings. The van der Waals surface area contributed by atoms with E-state index >= 15 is 0 Å². The summed E-state index contributed by atoms with van der Waals surface area (Å²) in [4.78, 5) is 12.8. The number of hydrogen-bond donors (Lipinski definition) is 1. The minimum Gasteiger partial charge on any atom is -0.497 e. The fraction of sp³-hybridized carbons (Fsp3) is 0.286. The van der Waals surface area contributed by atoms with E-state index in [9.17, 15) is 13.2 Å². The second kappa shape index (κ2) is 8.89. The van der Waals surface area contributed by atoms with E-state index in [-0.39, 0.29) is 15.6 Å². The summed E-state index contributed by atoms with van der Waals surface area (Å²) in [5.74, 6) is 0.139. The van der Waals surface area contributed by atoms with Crippen LogP contribution in [0.5, 0.6) is 5.75 Å². The van der Waals surface area contributed by atoms with E-state index in [1.165, 1.54) is 21.1 Å². The highest BCUT2D eigenvalue weighted by Gasteiger charge is 2.29. The number of halogens is 1. The number of carbonyl (C=O) groups is 1. The van der Waals surface area contributed by atoms with Gasteiger partial charge in [-0.25, -0.2) is 13.1 Å². The van der Waals surface area contributed by atoms with Crippen LogP contribution in [0.2, 0.25) is 5.02 Å². The van der Waals surface area contributed by atoms with Crippen molar-refractivity contribution in [2.45, 2.75) is 24.7 Å². The number of hydrogen-bond acceptors (Lipinski definition) is 6. The lowest BCUT2D eigenvalue weighted by atomic mass is 10.2. The van der Waals surface area contributed by atoms with Crippen LogP contribution in [0.3, 0.4) is 0 Å². The van der Waals surface area contributed by atoms with Gasteiger partial charge in [-0.05, 0) is 50.1 Å². The Bertz CT molecular complexity index is 1270. The number of anilines is 1. The van der Waals surface area contributed by atoms with E-state index in [0.29, 0.717) is 35.9 Å². The molecular weight excluding hydrogens is 454 g/mol. The Morgan fingerprint density at radius 2 is 1.91 bits per heavy atom. The van der Waals surface area contributed by atoms with Crippen LogP contribution in [0.4, 0.5) is 5.69 Å². The first kappa shape index (κ1) is 22.3. The third-order valence-electron chi connectivity index (χ3n) is 5.28. The van der Waals surface area contributed by atoms with Gasteiger partial charge in [0.25, 0.3) is 5.91 Å². The van der Waals surface area contributed by atoms with Crippen LogP contribution in [0.1, 0.15) is 29.0 Å². The molecule has 0 spiro atoms. The molecular formula is C21H22ClN5O4S. The number of amides is 1. The fourth-order valence-electron chi connectivity index (χ4n) is 3.56. The highest BCUT2D eigenvalue weighted by Crippen LogP contribution is 2.30. The Morgan fingerprint density at radius 1 is 1.16 bits per heavy atom. The molecule has 168 valence electrons. The summed E-state index contributed by atoms with van der Waals surface area (Å²) in [5.41, 5.74) is 1.63. The summed E-state index contributed by atoms with van der Waals surface area (Å²) in [6.45, 7) is 2.64. The number of benzene rings is 2. The Balaban J connectivity index is 1.59. The van der Waals surface area contributed by atoms with Crippen molar-refractivity contribution in [1.82, 2.24) is 19.3 Å². The maximum Gasteiger partial charge on any atom is 0.278 e. The number of rotatable bonds is 6. The van der Waals surface area contributed by atoms with Crippen molar-refractivity contribution < 1.29 is 17.9 Å². The SMILES string of the molecule is COc1cccc(-n2nnc(C(=O)Nc3ccc(Cl)c(S(=O)(=O)N4CCCC4)c3)c2C)c1. The quantitative estimate of drug-likeness (QED) is 0.586. The summed E-state index contributed by atoms with van der Waals surface area (Å²) in [7, 11) is -2.17. The van der Waals surface area contributed by atoms with Crippen molar-refractivity contribution in [1.29, 1.82) is 0 Å². The first-order valence-electron chi connectivity index (χ1n) is 9.99. The number of carbonyl (C=O) groups excluding carboxylic acids is 1. The standard InChI is InChI=1S/C21H22ClN5O4S/c1-14-20(24-25-27(14)16-6-5-7-17(13-16)31-2)21(28)23-15-8-9-18(22)19(12-15)32(29,30)26-10-3-4-11-26/h5-9,12-13H,3-4,10-11H2,1-2H3,(H,23,28). The average Bonchev–Trinajstić information content (AvgIpc) is 3.45. The van der Waals surface area contributed by atoms with Gasteiger partial charge in [0.05, 0.1) is 23.5 Å². The number of nitrogens with one attached hydrogen (secondary N) is 1. The Kier molecular flexibility index (Phi) is 6.18. The molecule has 2 aromatic carbocycles. The predicted molar refractivity (Wildman–Crippen MR) is 120 cm³/mol. The molecule has 32 heavy (non-hydrogen) atoms. The number of aromatic nitrogens is 3. The molecule has 1 N–H and O–H groups in total. The van der Waals surface area contributed by atoms with Crippen molar-refractivity contribution in [2.75, 3.05) is 25.5 Å². The highest BCUT2D eigenvalue weighted by molar-refractivity contribution is 7.89. The third-order valence-corrected chi connectivity index (χ3v) is 7.66. The van der Waals surface area contributed by atoms with Gasteiger partial charge in [0, 0.05) is 24.8 Å². The highest BCUT2D eigenvalue weighted by atomic mass is 35.5. The molecule has 0 unspecified atom stereocenters. The molecule has 1 amide bonds. The largest absolute Gasteiger partial charge is 0.497 e. The molecule has 1 aliphatic heterocycles. The molecule has 2 heterocycles. The maximum absolute atomic E-state index is 12.9. The van der Waals surface area contributed by atoms with Gasteiger partial charge in [0.1, 0.15) is 10.6 Å². The van der Waals surface area contributed by atoms with Crippen molar-refractivity contribution >= 4 is 33.2 Å². The number of ether oxygens (including phenoxy) is 1. The molecule has 0 atom stereocenters. The van der Waals surface area contributed by atoms with Gasteiger partial charge in [-0.2, -0.15) is 4.31 Å². The summed E-state index contributed by atoms with van der Waals surface area (Å²) < 4.78 is 34.0. The molecule has 0 aliphatic carbocycles. The Labute approximate surface area is 191 Å². The molecule has 1 fully saturated rings. The fourth-order valence-corrected chi connectivity index (χ4v) is 5.58. The van der Waals surface area contributed by atoms with Crippen LogP contribution in [0.15, 0.2) is 47.4 Å². The average molecular weight is 476 g/mol. The molecule has 1 aromatic heterocycles. The van der Waals surface area contributed by atoms with Crippen LogP contribution in [0, 0.1) is 6.92 Å². The minimum atomic E-state index is -3.73. The van der Waals surface area contributed by atoms with Gasteiger partial charge < -0.3 is 10.1 Å². The number of nitrogens with zero attached hydrogens (tertiary/aromatic N) is 4. The lowest BCUT2D eigenvalue weighted by Gasteiger charge is -2.17. The van der Waals surface area contributed by atoms with Crippen LogP contribution < -0.4 is 10.1 Å². The van der Waals surface area contributed by atoms with Gasteiger partial charge in [-0.15, -0.1) is 5.10 Å². The zero-order valence-corrected chi connectivity index (χ0v) is 19.2. The second-order valence-electron chi connectivity index (χ2n) is 7.35. The molecule has 0 radical (unpaired) electrons. The number of methoxy groups -OCH3 is 1.